The van der Waals surface area contributed by atoms with Crippen molar-refractivity contribution < 1.29 is 53.9 Å². The third kappa shape index (κ3) is 58.7. The van der Waals surface area contributed by atoms with E-state index in [9.17, 15) is 9.90 Å². The number of hydrogen-bond donors (Lipinski definition) is 3. The zero-order valence-electron chi connectivity index (χ0n) is 33.6. The van der Waals surface area contributed by atoms with Crippen molar-refractivity contribution in [1.29, 1.82) is 0 Å². The third-order valence-electron chi connectivity index (χ3n) is 6.45. The van der Waals surface area contributed by atoms with Crippen LogP contribution in [0, 0.1) is 6.92 Å². The monoisotopic (exact) mass is 715 g/mol. The van der Waals surface area contributed by atoms with Crippen molar-refractivity contribution in [2.45, 2.75) is 106 Å². The van der Waals surface area contributed by atoms with E-state index in [0.29, 0.717) is 19.3 Å². The normalized spacial score (nSPS) is 10.6. The quantitative estimate of drug-likeness (QED) is 0.198. The number of carbonyl (C=O) groups excluding carboxylic acids is 1. The molecule has 5 N–H and O–H groups in total. The molecule has 1 aromatic carbocycles. The van der Waals surface area contributed by atoms with Gasteiger partial charge < -0.3 is 59.2 Å². The van der Waals surface area contributed by atoms with Crippen LogP contribution in [-0.2, 0) is 33.2 Å². The SMILES string of the molecule is C.CCC(C)(CC)OC.CCC(C)OC.CCCOC.CCOC.COCC([NH3+])C(=O)[O-].COCCNCCO.COc1ccccc1C. The van der Waals surface area contributed by atoms with Crippen LogP contribution < -0.4 is 20.9 Å². The molecular formula is C37H82N2O10. The van der Waals surface area contributed by atoms with Crippen molar-refractivity contribution in [3.05, 3.63) is 29.8 Å². The van der Waals surface area contributed by atoms with Crippen LogP contribution in [0.1, 0.15) is 87.1 Å². The van der Waals surface area contributed by atoms with Gasteiger partial charge in [-0.1, -0.05) is 53.3 Å². The molecule has 0 aliphatic heterocycles. The second kappa shape index (κ2) is 52.9. The van der Waals surface area contributed by atoms with Gasteiger partial charge in [-0.25, -0.2) is 0 Å². The standard InChI is InChI=1S/C8H10O.C7H16O.C5H13NO2.C5H12O.C4H9NO3.C4H10O.C3H8O.CH4/c1-7-5-3-4-6-8(7)9-2;1-5-7(3,6-2)8-4;1-8-5-3-6-2-4-7;1-4-5(2)6-3;1-8-2-3(5)4(6)7;1-3-4-5-2;1-3-4-2;/h3-6H,1-2H3;5-6H2,1-4H3;6-7H,2-5H2,1H3;5H,4H2,1-3H3;3H,2,5H2,1H3,(H,6,7);3-4H2,1-2H3;3H2,1-2H3;1H4. The van der Waals surface area contributed by atoms with Gasteiger partial charge in [-0.05, 0) is 65.0 Å². The number of para-hydroxylation sites is 1. The van der Waals surface area contributed by atoms with E-state index in [2.05, 4.69) is 62.1 Å². The number of aliphatic carboxylic acids is 1. The van der Waals surface area contributed by atoms with Crippen LogP contribution in [0.2, 0.25) is 0 Å². The van der Waals surface area contributed by atoms with E-state index in [-0.39, 0.29) is 26.2 Å². The van der Waals surface area contributed by atoms with E-state index in [1.165, 1.54) is 12.7 Å². The lowest BCUT2D eigenvalue weighted by Crippen LogP contribution is -2.70. The van der Waals surface area contributed by atoms with Crippen molar-refractivity contribution in [1.82, 2.24) is 5.32 Å². The van der Waals surface area contributed by atoms with Crippen LogP contribution in [0.5, 0.6) is 5.75 Å². The Balaban J connectivity index is -0.0000000849. The molecule has 49 heavy (non-hydrogen) atoms. The molecule has 0 heterocycles. The maximum Gasteiger partial charge on any atom is 0.148 e. The van der Waals surface area contributed by atoms with E-state index in [1.54, 1.807) is 42.7 Å². The summed E-state index contributed by atoms with van der Waals surface area (Å²) in [5.41, 5.74) is 4.55. The minimum absolute atomic E-state index is 0. The van der Waals surface area contributed by atoms with Crippen LogP contribution in [0.15, 0.2) is 24.3 Å². The Bertz CT molecular complexity index is 689. The summed E-state index contributed by atoms with van der Waals surface area (Å²) in [6.45, 7) is 20.9. The maximum atomic E-state index is 9.84. The van der Waals surface area contributed by atoms with E-state index in [0.717, 1.165) is 51.2 Å². The Hall–Kier alpha value is -1.87. The Kier molecular flexibility index (Phi) is 67.3. The minimum Gasteiger partial charge on any atom is -0.544 e. The topological polar surface area (TPSA) is 165 Å². The highest BCUT2D eigenvalue weighted by molar-refractivity contribution is 5.69. The van der Waals surface area contributed by atoms with Gasteiger partial charge in [0.15, 0.2) is 0 Å². The fraction of sp³-hybridized carbons (Fsp3) is 0.811. The highest BCUT2D eigenvalue weighted by Crippen LogP contribution is 2.17. The molecule has 0 saturated heterocycles. The van der Waals surface area contributed by atoms with Gasteiger partial charge in [0.25, 0.3) is 0 Å². The zero-order chi connectivity index (χ0) is 38.7. The van der Waals surface area contributed by atoms with Crippen molar-refractivity contribution >= 4 is 5.97 Å². The first kappa shape index (κ1) is 62.3. The first-order valence-electron chi connectivity index (χ1n) is 16.7. The summed E-state index contributed by atoms with van der Waals surface area (Å²) in [7, 11) is 11.6. The molecule has 12 heteroatoms. The van der Waals surface area contributed by atoms with Gasteiger partial charge in [0.1, 0.15) is 24.4 Å². The molecule has 0 spiro atoms. The number of benzene rings is 1. The molecule has 0 bridgehead atoms. The number of methoxy groups -OCH3 is 7. The highest BCUT2D eigenvalue weighted by Gasteiger charge is 2.16. The Labute approximate surface area is 302 Å². The smallest absolute Gasteiger partial charge is 0.148 e. The first-order chi connectivity index (χ1) is 22.8. The number of carboxylic acid groups (broad SMARTS) is 1. The summed E-state index contributed by atoms with van der Waals surface area (Å²) in [6.07, 6.45) is 4.86. The molecule has 0 aliphatic rings. The molecule has 300 valence electrons. The van der Waals surface area contributed by atoms with Crippen molar-refractivity contribution in [3.8, 4) is 5.75 Å². The van der Waals surface area contributed by atoms with Crippen LogP contribution in [0.25, 0.3) is 0 Å². The number of ether oxygens (including phenoxy) is 7. The van der Waals surface area contributed by atoms with Gasteiger partial charge in [-0.3, -0.25) is 0 Å². The molecule has 2 unspecified atom stereocenters. The molecule has 0 aromatic heterocycles. The number of aliphatic hydroxyl groups is 1. The molecule has 0 aliphatic carbocycles. The van der Waals surface area contributed by atoms with Gasteiger partial charge in [-0.15, -0.1) is 0 Å². The Morgan fingerprint density at radius 1 is 0.898 bits per heavy atom. The fourth-order valence-electron chi connectivity index (χ4n) is 2.34. The van der Waals surface area contributed by atoms with E-state index in [4.69, 9.17) is 28.8 Å². The number of hydrogen-bond acceptors (Lipinski definition) is 11. The van der Waals surface area contributed by atoms with Gasteiger partial charge in [0, 0.05) is 69.0 Å². The molecule has 0 fully saturated rings. The lowest BCUT2D eigenvalue weighted by molar-refractivity contribution is -0.442. The molecule has 1 rings (SSSR count). The number of nitrogens with one attached hydrogen (secondary N) is 1. The van der Waals surface area contributed by atoms with Crippen LogP contribution in [0.4, 0.5) is 0 Å². The minimum atomic E-state index is -1.17. The summed E-state index contributed by atoms with van der Waals surface area (Å²) in [5, 5.41) is 21.1. The average Bonchev–Trinajstić information content (AvgIpc) is 3.11. The van der Waals surface area contributed by atoms with E-state index in [1.807, 2.05) is 38.1 Å². The second-order valence-corrected chi connectivity index (χ2v) is 10.3. The predicted molar refractivity (Wildman–Crippen MR) is 202 cm³/mol. The number of carbonyl (C=O) groups is 1. The lowest BCUT2D eigenvalue weighted by Gasteiger charge is -2.24. The highest BCUT2D eigenvalue weighted by atomic mass is 16.5. The van der Waals surface area contributed by atoms with Crippen LogP contribution >= 0.6 is 0 Å². The lowest BCUT2D eigenvalue weighted by atomic mass is 10.0. The third-order valence-corrected chi connectivity index (χ3v) is 6.45. The average molecular weight is 715 g/mol. The summed E-state index contributed by atoms with van der Waals surface area (Å²) < 4.78 is 33.6. The molecular weight excluding hydrogens is 632 g/mol. The number of aliphatic hydroxyl groups excluding tert-OH is 1. The van der Waals surface area contributed by atoms with Gasteiger partial charge in [-0.2, -0.15) is 0 Å². The van der Waals surface area contributed by atoms with Crippen molar-refractivity contribution in [2.75, 3.05) is 95.9 Å². The van der Waals surface area contributed by atoms with Gasteiger partial charge in [0.2, 0.25) is 0 Å². The number of quaternary nitrogens is 1. The molecule has 0 amide bonds. The van der Waals surface area contributed by atoms with E-state index >= 15 is 0 Å². The second-order valence-electron chi connectivity index (χ2n) is 10.3. The molecule has 0 radical (unpaired) electrons. The maximum absolute atomic E-state index is 9.84. The first-order valence-corrected chi connectivity index (χ1v) is 16.7. The number of rotatable bonds is 17. The summed E-state index contributed by atoms with van der Waals surface area (Å²) >= 11 is 0. The summed E-state index contributed by atoms with van der Waals surface area (Å²) in [6, 6.07) is 7.19. The summed E-state index contributed by atoms with van der Waals surface area (Å²) in [5.74, 6) is -0.218. The largest absolute Gasteiger partial charge is 0.544 e. The molecule has 12 nitrogen and oxygen atoms in total. The predicted octanol–water partition coefficient (Wildman–Crippen LogP) is 4.19. The van der Waals surface area contributed by atoms with Gasteiger partial charge >= 0.3 is 0 Å². The van der Waals surface area contributed by atoms with Crippen LogP contribution in [-0.4, -0.2) is 125 Å². The van der Waals surface area contributed by atoms with Crippen molar-refractivity contribution in [2.24, 2.45) is 0 Å². The number of carboxylic acids is 1. The van der Waals surface area contributed by atoms with E-state index < -0.39 is 12.0 Å². The summed E-state index contributed by atoms with van der Waals surface area (Å²) in [4.78, 5) is 9.84. The fourth-order valence-corrected chi connectivity index (χ4v) is 2.34. The molecule has 1 aromatic rings. The van der Waals surface area contributed by atoms with Crippen LogP contribution in [0.3, 0.4) is 0 Å². The number of aryl methyl sites for hydroxylation is 1. The zero-order valence-corrected chi connectivity index (χ0v) is 33.6. The van der Waals surface area contributed by atoms with Crippen molar-refractivity contribution in [3.63, 3.8) is 0 Å². The van der Waals surface area contributed by atoms with Gasteiger partial charge in [0.05, 0.1) is 32.0 Å². The molecule has 0 saturated carbocycles. The molecule has 2 atom stereocenters. The Morgan fingerprint density at radius 2 is 1.41 bits per heavy atom. The Morgan fingerprint density at radius 3 is 1.59 bits per heavy atom.